The molecule has 0 spiro atoms. The summed E-state index contributed by atoms with van der Waals surface area (Å²) in [7, 11) is -0.656. The molecular weight excluding hydrogens is 200 g/mol. The van der Waals surface area contributed by atoms with Crippen LogP contribution in [0, 0.1) is 0 Å². The highest BCUT2D eigenvalue weighted by Gasteiger charge is 2.38. The van der Waals surface area contributed by atoms with Gasteiger partial charge in [-0.15, -0.1) is 0 Å². The number of hydrogen-bond acceptors (Lipinski definition) is 4. The van der Waals surface area contributed by atoms with Crippen molar-refractivity contribution in [3.8, 4) is 0 Å². The van der Waals surface area contributed by atoms with E-state index in [1.807, 2.05) is 30.3 Å². The zero-order valence-corrected chi connectivity index (χ0v) is 9.27. The monoisotopic (exact) mass is 214 g/mol. The second kappa shape index (κ2) is 5.23. The number of benzene rings is 1. The van der Waals surface area contributed by atoms with Gasteiger partial charge in [-0.2, -0.15) is 0 Å². The van der Waals surface area contributed by atoms with Crippen LogP contribution in [0.15, 0.2) is 30.3 Å². The second-order valence-electron chi connectivity index (χ2n) is 2.71. The van der Waals surface area contributed by atoms with Crippen LogP contribution in [-0.2, 0) is 19.9 Å². The lowest BCUT2D eigenvalue weighted by Gasteiger charge is -2.18. The Bertz CT molecular complexity index is 261. The molecule has 78 valence electrons. The van der Waals surface area contributed by atoms with Gasteiger partial charge in [-0.25, -0.2) is 0 Å². The maximum absolute atomic E-state index is 9.56. The molecule has 0 saturated carbocycles. The molecule has 14 heavy (non-hydrogen) atoms. The van der Waals surface area contributed by atoms with Crippen molar-refractivity contribution >= 4 is 9.05 Å². The molecule has 1 aromatic rings. The molecular formula is C9H14O4Si. The van der Waals surface area contributed by atoms with Gasteiger partial charge in [0.2, 0.25) is 0 Å². The Morgan fingerprint density at radius 3 is 2.21 bits per heavy atom. The van der Waals surface area contributed by atoms with E-state index in [0.717, 1.165) is 5.56 Å². The topological polar surface area (TPSA) is 47.9 Å². The van der Waals surface area contributed by atoms with Gasteiger partial charge in [-0.05, 0) is 5.56 Å². The van der Waals surface area contributed by atoms with Crippen LogP contribution in [0.1, 0.15) is 5.56 Å². The smallest absolute Gasteiger partial charge is 0.367 e. The summed E-state index contributed by atoms with van der Waals surface area (Å²) in [6.45, 7) is 0.283. The van der Waals surface area contributed by atoms with Gasteiger partial charge in [0.15, 0.2) is 0 Å². The molecule has 0 aliphatic heterocycles. The Hall–Kier alpha value is -0.723. The average Bonchev–Trinajstić information content (AvgIpc) is 2.27. The van der Waals surface area contributed by atoms with Gasteiger partial charge in [0.1, 0.15) is 0 Å². The first-order chi connectivity index (χ1) is 6.70. The molecule has 1 N–H and O–H groups in total. The molecule has 1 aromatic carbocycles. The number of rotatable bonds is 5. The van der Waals surface area contributed by atoms with Crippen molar-refractivity contribution in [3.05, 3.63) is 35.9 Å². The standard InChI is InChI=1S/C9H14O4Si/c1-11-14(10,12-2)13-8-9-6-4-3-5-7-9/h3-7,10H,8H2,1-2H3. The number of hydrogen-bond donors (Lipinski definition) is 1. The molecule has 0 fully saturated rings. The van der Waals surface area contributed by atoms with Gasteiger partial charge in [0.05, 0.1) is 6.61 Å². The van der Waals surface area contributed by atoms with Gasteiger partial charge < -0.3 is 18.1 Å². The van der Waals surface area contributed by atoms with Crippen LogP contribution in [0.5, 0.6) is 0 Å². The van der Waals surface area contributed by atoms with Crippen molar-refractivity contribution in [2.45, 2.75) is 6.61 Å². The maximum atomic E-state index is 9.56. The van der Waals surface area contributed by atoms with E-state index < -0.39 is 9.05 Å². The predicted octanol–water partition coefficient (Wildman–Crippen LogP) is 0.924. The zero-order valence-electron chi connectivity index (χ0n) is 8.27. The second-order valence-corrected chi connectivity index (χ2v) is 4.86. The minimum Gasteiger partial charge on any atom is -0.367 e. The molecule has 0 amide bonds. The Labute approximate surface area is 84.5 Å². The van der Waals surface area contributed by atoms with E-state index in [-0.39, 0.29) is 6.61 Å². The lowest BCUT2D eigenvalue weighted by molar-refractivity contribution is 0.0175. The molecule has 0 unspecified atom stereocenters. The largest absolute Gasteiger partial charge is 0.676 e. The van der Waals surface area contributed by atoms with E-state index in [1.165, 1.54) is 14.2 Å². The summed E-state index contributed by atoms with van der Waals surface area (Å²) in [4.78, 5) is 9.56. The summed E-state index contributed by atoms with van der Waals surface area (Å²) in [5, 5.41) is 0. The third kappa shape index (κ3) is 3.21. The summed E-state index contributed by atoms with van der Waals surface area (Å²) in [6.07, 6.45) is 0. The molecule has 0 saturated heterocycles. The highest BCUT2D eigenvalue weighted by atomic mass is 28.4. The molecule has 0 radical (unpaired) electrons. The van der Waals surface area contributed by atoms with Crippen molar-refractivity contribution in [1.29, 1.82) is 0 Å². The van der Waals surface area contributed by atoms with E-state index in [4.69, 9.17) is 13.3 Å². The summed E-state index contributed by atoms with van der Waals surface area (Å²) in [6, 6.07) is 9.53. The third-order valence-electron chi connectivity index (χ3n) is 1.78. The van der Waals surface area contributed by atoms with E-state index in [2.05, 4.69) is 0 Å². The third-order valence-corrected chi connectivity index (χ3v) is 3.32. The summed E-state index contributed by atoms with van der Waals surface area (Å²) < 4.78 is 14.7. The Morgan fingerprint density at radius 1 is 1.14 bits per heavy atom. The van der Waals surface area contributed by atoms with Crippen LogP contribution in [0.2, 0.25) is 0 Å². The molecule has 0 bridgehead atoms. The molecule has 0 atom stereocenters. The van der Waals surface area contributed by atoms with Crippen molar-refractivity contribution in [2.24, 2.45) is 0 Å². The van der Waals surface area contributed by atoms with Crippen molar-refractivity contribution in [2.75, 3.05) is 14.2 Å². The first-order valence-corrected chi connectivity index (χ1v) is 5.88. The maximum Gasteiger partial charge on any atom is 0.676 e. The van der Waals surface area contributed by atoms with Gasteiger partial charge in [-0.1, -0.05) is 30.3 Å². The molecule has 1 rings (SSSR count). The minimum absolute atomic E-state index is 0.283. The van der Waals surface area contributed by atoms with E-state index in [0.29, 0.717) is 0 Å². The Balaban J connectivity index is 2.48. The molecule has 0 aliphatic rings. The lowest BCUT2D eigenvalue weighted by Crippen LogP contribution is -2.43. The van der Waals surface area contributed by atoms with Crippen LogP contribution >= 0.6 is 0 Å². The first kappa shape index (κ1) is 11.4. The fraction of sp³-hybridized carbons (Fsp3) is 0.333. The van der Waals surface area contributed by atoms with Crippen LogP contribution in [0.4, 0.5) is 0 Å². The molecule has 0 heterocycles. The summed E-state index contributed by atoms with van der Waals surface area (Å²) in [5.74, 6) is 0. The highest BCUT2D eigenvalue weighted by molar-refractivity contribution is 6.51. The molecule has 0 aromatic heterocycles. The van der Waals surface area contributed by atoms with Crippen molar-refractivity contribution in [1.82, 2.24) is 0 Å². The lowest BCUT2D eigenvalue weighted by atomic mass is 10.2. The Morgan fingerprint density at radius 2 is 1.71 bits per heavy atom. The van der Waals surface area contributed by atoms with Crippen LogP contribution in [0.25, 0.3) is 0 Å². The van der Waals surface area contributed by atoms with Gasteiger partial charge >= 0.3 is 9.05 Å². The SMILES string of the molecule is CO[Si](O)(OC)OCc1ccccc1. The van der Waals surface area contributed by atoms with Crippen LogP contribution in [0.3, 0.4) is 0 Å². The normalized spacial score (nSPS) is 11.6. The van der Waals surface area contributed by atoms with Crippen molar-refractivity contribution < 1.29 is 18.1 Å². The zero-order chi connectivity index (χ0) is 10.4. The van der Waals surface area contributed by atoms with Crippen molar-refractivity contribution in [3.63, 3.8) is 0 Å². The first-order valence-electron chi connectivity index (χ1n) is 4.21. The van der Waals surface area contributed by atoms with Gasteiger partial charge in [0, 0.05) is 14.2 Å². The fourth-order valence-corrected chi connectivity index (χ4v) is 1.70. The van der Waals surface area contributed by atoms with E-state index >= 15 is 0 Å². The fourth-order valence-electron chi connectivity index (χ4n) is 0.950. The Kier molecular flexibility index (Phi) is 4.24. The molecule has 0 aliphatic carbocycles. The quantitative estimate of drug-likeness (QED) is 0.741. The average molecular weight is 214 g/mol. The van der Waals surface area contributed by atoms with Crippen LogP contribution < -0.4 is 0 Å². The van der Waals surface area contributed by atoms with Crippen LogP contribution in [-0.4, -0.2) is 28.1 Å². The minimum atomic E-state index is -3.38. The highest BCUT2D eigenvalue weighted by Crippen LogP contribution is 2.07. The molecule has 5 heteroatoms. The summed E-state index contributed by atoms with van der Waals surface area (Å²) >= 11 is 0. The summed E-state index contributed by atoms with van der Waals surface area (Å²) in [5.41, 5.74) is 0.965. The van der Waals surface area contributed by atoms with E-state index in [9.17, 15) is 4.80 Å². The molecule has 4 nitrogen and oxygen atoms in total. The van der Waals surface area contributed by atoms with Gasteiger partial charge in [0.25, 0.3) is 0 Å². The van der Waals surface area contributed by atoms with Gasteiger partial charge in [-0.3, -0.25) is 0 Å². The van der Waals surface area contributed by atoms with E-state index in [1.54, 1.807) is 0 Å². The predicted molar refractivity (Wildman–Crippen MR) is 53.2 cm³/mol.